The summed E-state index contributed by atoms with van der Waals surface area (Å²) in [5.74, 6) is 0.512. The van der Waals surface area contributed by atoms with Gasteiger partial charge in [-0.3, -0.25) is 0 Å². The van der Waals surface area contributed by atoms with Gasteiger partial charge < -0.3 is 4.74 Å². The first-order chi connectivity index (χ1) is 10.1. The molecular formula is C17H15BrFNO. The Morgan fingerprint density at radius 1 is 1.24 bits per heavy atom. The van der Waals surface area contributed by atoms with E-state index in [-0.39, 0.29) is 15.8 Å². The normalized spacial score (nSPS) is 11.8. The number of hydrogen-bond acceptors (Lipinski definition) is 2. The van der Waals surface area contributed by atoms with Crippen LogP contribution in [0.3, 0.4) is 0 Å². The fraction of sp³-hybridized carbons (Fsp3) is 0.235. The largest absolute Gasteiger partial charge is 0.454 e. The Bertz CT molecular complexity index is 694. The van der Waals surface area contributed by atoms with Crippen LogP contribution in [0.1, 0.15) is 37.3 Å². The molecular weight excluding hydrogens is 333 g/mol. The predicted molar refractivity (Wildman–Crippen MR) is 84.0 cm³/mol. The Balaban J connectivity index is 2.40. The van der Waals surface area contributed by atoms with Crippen LogP contribution < -0.4 is 4.74 Å². The summed E-state index contributed by atoms with van der Waals surface area (Å²) < 4.78 is 20.1. The van der Waals surface area contributed by atoms with E-state index in [2.05, 4.69) is 29.8 Å². The summed E-state index contributed by atoms with van der Waals surface area (Å²) in [6, 6.07) is 12.6. The molecule has 0 aliphatic carbocycles. The standard InChI is InChI=1S/C17H15BrFNO/c1-3-11(2)13-6-4-5-7-14(13)21-15-9-8-12(10-20)16(18)17(15)19/h4-9,11H,3H2,1-2H3. The van der Waals surface area contributed by atoms with Crippen molar-refractivity contribution in [3.05, 3.63) is 57.8 Å². The van der Waals surface area contributed by atoms with Gasteiger partial charge in [-0.1, -0.05) is 32.0 Å². The summed E-state index contributed by atoms with van der Waals surface area (Å²) in [4.78, 5) is 0. The van der Waals surface area contributed by atoms with E-state index in [1.165, 1.54) is 12.1 Å². The molecule has 0 amide bonds. The fourth-order valence-electron chi connectivity index (χ4n) is 2.02. The van der Waals surface area contributed by atoms with Gasteiger partial charge in [0.15, 0.2) is 11.6 Å². The van der Waals surface area contributed by atoms with Crippen LogP contribution >= 0.6 is 15.9 Å². The lowest BCUT2D eigenvalue weighted by molar-refractivity contribution is 0.432. The van der Waals surface area contributed by atoms with Gasteiger partial charge in [0.1, 0.15) is 11.8 Å². The van der Waals surface area contributed by atoms with Crippen molar-refractivity contribution in [2.75, 3.05) is 0 Å². The van der Waals surface area contributed by atoms with Gasteiger partial charge in [0.2, 0.25) is 0 Å². The monoisotopic (exact) mass is 347 g/mol. The molecule has 1 unspecified atom stereocenters. The van der Waals surface area contributed by atoms with Crippen LogP contribution in [-0.4, -0.2) is 0 Å². The molecule has 0 aromatic heterocycles. The van der Waals surface area contributed by atoms with Crippen LogP contribution in [0.5, 0.6) is 11.5 Å². The number of rotatable bonds is 4. The topological polar surface area (TPSA) is 33.0 Å². The van der Waals surface area contributed by atoms with E-state index in [1.54, 1.807) is 0 Å². The molecule has 0 spiro atoms. The Morgan fingerprint density at radius 3 is 2.62 bits per heavy atom. The minimum atomic E-state index is -0.562. The minimum absolute atomic E-state index is 0.108. The van der Waals surface area contributed by atoms with Crippen molar-refractivity contribution in [2.24, 2.45) is 0 Å². The van der Waals surface area contributed by atoms with Gasteiger partial charge in [0.25, 0.3) is 0 Å². The fourth-order valence-corrected chi connectivity index (χ4v) is 2.43. The van der Waals surface area contributed by atoms with E-state index in [0.717, 1.165) is 12.0 Å². The second-order valence-corrected chi connectivity index (χ2v) is 5.59. The molecule has 1 atom stereocenters. The SMILES string of the molecule is CCC(C)c1ccccc1Oc1ccc(C#N)c(Br)c1F. The summed E-state index contributed by atoms with van der Waals surface area (Å²) in [6.07, 6.45) is 0.972. The number of hydrogen-bond donors (Lipinski definition) is 0. The molecule has 108 valence electrons. The molecule has 0 fully saturated rings. The first-order valence-corrected chi connectivity index (χ1v) is 7.52. The Hall–Kier alpha value is -1.86. The molecule has 0 aliphatic heterocycles. The van der Waals surface area contributed by atoms with E-state index in [0.29, 0.717) is 11.7 Å². The predicted octanol–water partition coefficient (Wildman–Crippen LogP) is 5.77. The highest BCUT2D eigenvalue weighted by molar-refractivity contribution is 9.10. The van der Waals surface area contributed by atoms with Crippen LogP contribution in [0.4, 0.5) is 4.39 Å². The zero-order valence-electron chi connectivity index (χ0n) is 11.9. The van der Waals surface area contributed by atoms with Crippen molar-refractivity contribution in [1.29, 1.82) is 5.26 Å². The van der Waals surface area contributed by atoms with Gasteiger partial charge in [0.05, 0.1) is 10.0 Å². The average molecular weight is 348 g/mol. The summed E-state index contributed by atoms with van der Waals surface area (Å²) in [7, 11) is 0. The minimum Gasteiger partial charge on any atom is -0.454 e. The maximum atomic E-state index is 14.2. The van der Waals surface area contributed by atoms with Crippen molar-refractivity contribution in [1.82, 2.24) is 0 Å². The van der Waals surface area contributed by atoms with E-state index in [9.17, 15) is 4.39 Å². The second kappa shape index (κ2) is 6.73. The van der Waals surface area contributed by atoms with E-state index < -0.39 is 5.82 Å². The number of para-hydroxylation sites is 1. The molecule has 2 aromatic carbocycles. The molecule has 0 aliphatic rings. The molecule has 0 saturated carbocycles. The number of nitriles is 1. The number of halogens is 2. The Morgan fingerprint density at radius 2 is 1.95 bits per heavy atom. The molecule has 2 nitrogen and oxygen atoms in total. The average Bonchev–Trinajstić information content (AvgIpc) is 2.52. The summed E-state index contributed by atoms with van der Waals surface area (Å²) in [6.45, 7) is 4.20. The van der Waals surface area contributed by atoms with Crippen molar-refractivity contribution < 1.29 is 9.13 Å². The lowest BCUT2D eigenvalue weighted by atomic mass is 9.98. The molecule has 0 radical (unpaired) electrons. The highest BCUT2D eigenvalue weighted by atomic mass is 79.9. The van der Waals surface area contributed by atoms with Gasteiger partial charge in [-0.05, 0) is 52.0 Å². The maximum absolute atomic E-state index is 14.2. The van der Waals surface area contributed by atoms with Crippen molar-refractivity contribution in [3.8, 4) is 17.6 Å². The van der Waals surface area contributed by atoms with Crippen molar-refractivity contribution in [3.63, 3.8) is 0 Å². The third-order valence-electron chi connectivity index (χ3n) is 3.45. The van der Waals surface area contributed by atoms with E-state index >= 15 is 0 Å². The van der Waals surface area contributed by atoms with E-state index in [4.69, 9.17) is 10.00 Å². The van der Waals surface area contributed by atoms with Gasteiger partial charge in [-0.15, -0.1) is 0 Å². The molecule has 0 bridgehead atoms. The second-order valence-electron chi connectivity index (χ2n) is 4.80. The third kappa shape index (κ3) is 3.25. The quantitative estimate of drug-likeness (QED) is 0.703. The van der Waals surface area contributed by atoms with Gasteiger partial charge in [-0.2, -0.15) is 5.26 Å². The van der Waals surface area contributed by atoms with Crippen LogP contribution in [0, 0.1) is 17.1 Å². The molecule has 21 heavy (non-hydrogen) atoms. The third-order valence-corrected chi connectivity index (χ3v) is 4.22. The smallest absolute Gasteiger partial charge is 0.181 e. The molecule has 0 N–H and O–H groups in total. The Kier molecular flexibility index (Phi) is 4.98. The first-order valence-electron chi connectivity index (χ1n) is 6.73. The first kappa shape index (κ1) is 15.5. The number of benzene rings is 2. The van der Waals surface area contributed by atoms with Crippen LogP contribution in [0.25, 0.3) is 0 Å². The molecule has 0 saturated heterocycles. The highest BCUT2D eigenvalue weighted by Gasteiger charge is 2.15. The van der Waals surface area contributed by atoms with Crippen LogP contribution in [-0.2, 0) is 0 Å². The summed E-state index contributed by atoms with van der Waals surface area (Å²) >= 11 is 3.09. The lowest BCUT2D eigenvalue weighted by Gasteiger charge is -2.16. The molecule has 0 heterocycles. The van der Waals surface area contributed by atoms with Gasteiger partial charge >= 0.3 is 0 Å². The van der Waals surface area contributed by atoms with Crippen molar-refractivity contribution >= 4 is 15.9 Å². The molecule has 4 heteroatoms. The zero-order chi connectivity index (χ0) is 15.4. The van der Waals surface area contributed by atoms with E-state index in [1.807, 2.05) is 30.3 Å². The Labute approximate surface area is 132 Å². The number of nitrogens with zero attached hydrogens (tertiary/aromatic N) is 1. The van der Waals surface area contributed by atoms with Crippen molar-refractivity contribution in [2.45, 2.75) is 26.2 Å². The summed E-state index contributed by atoms with van der Waals surface area (Å²) in [5, 5.41) is 8.88. The van der Waals surface area contributed by atoms with Gasteiger partial charge in [-0.25, -0.2) is 4.39 Å². The zero-order valence-corrected chi connectivity index (χ0v) is 13.4. The summed E-state index contributed by atoms with van der Waals surface area (Å²) in [5.41, 5.74) is 1.29. The number of ether oxygens (including phenoxy) is 1. The molecule has 2 rings (SSSR count). The maximum Gasteiger partial charge on any atom is 0.181 e. The van der Waals surface area contributed by atoms with Crippen LogP contribution in [0.2, 0.25) is 0 Å². The molecule has 2 aromatic rings. The highest BCUT2D eigenvalue weighted by Crippen LogP contribution is 2.35. The lowest BCUT2D eigenvalue weighted by Crippen LogP contribution is -1.98. The van der Waals surface area contributed by atoms with Gasteiger partial charge in [0, 0.05) is 0 Å². The van der Waals surface area contributed by atoms with Crippen LogP contribution in [0.15, 0.2) is 40.9 Å².